The summed E-state index contributed by atoms with van der Waals surface area (Å²) in [5, 5.41) is 7.35. The maximum atomic E-state index is 14.4. The van der Waals surface area contributed by atoms with Gasteiger partial charge in [0, 0.05) is 40.5 Å². The number of pyridine rings is 1. The van der Waals surface area contributed by atoms with Crippen LogP contribution in [0.3, 0.4) is 0 Å². The topological polar surface area (TPSA) is 44.9 Å². The molecule has 0 saturated carbocycles. The summed E-state index contributed by atoms with van der Waals surface area (Å²) in [6.45, 7) is 13.2. The fraction of sp³-hybridized carbons (Fsp3) is 0.304. The molecule has 7 rings (SSSR count). The molecule has 4 aromatic carbocycles. The minimum atomic E-state index is -0.345. The molecular weight excluding hydrogens is 839 g/mol. The van der Waals surface area contributed by atoms with Gasteiger partial charge in [-0.15, -0.1) is 35.7 Å². The van der Waals surface area contributed by atoms with Crippen LogP contribution < -0.4 is 4.74 Å². The van der Waals surface area contributed by atoms with Crippen LogP contribution in [0.15, 0.2) is 79.0 Å². The number of ether oxygens (including phenoxy) is 1. The quantitative estimate of drug-likeness (QED) is 0.0856. The Balaban J connectivity index is 0.00000481. The van der Waals surface area contributed by atoms with Gasteiger partial charge in [-0.25, -0.2) is 9.37 Å². The van der Waals surface area contributed by atoms with Crippen LogP contribution in [0.5, 0.6) is 11.5 Å². The molecule has 0 amide bonds. The van der Waals surface area contributed by atoms with E-state index in [0.717, 1.165) is 64.4 Å². The summed E-state index contributed by atoms with van der Waals surface area (Å²) in [4.78, 5) is 4.50. The summed E-state index contributed by atoms with van der Waals surface area (Å²) in [7, 11) is 0. The molecule has 3 heterocycles. The standard InChI is InChI=1S/C46H47FN4O.Pt/c1-7-9-10-11-12-18-43-46(34-25-31(4)33(6)32(5)26-34)41(15-8-2)49-51(43)36-23-30(3)24-38(28-36)52-37-19-20-40-39-16-13-14-17-42(39)50(44(40)29-37)45-27-35(47)21-22-48-45;/h13-14,16-17,19-27H,7-12,15,18H2,1-6H3;/q-2;+2. The fourth-order valence-electron chi connectivity index (χ4n) is 7.39. The van der Waals surface area contributed by atoms with Crippen molar-refractivity contribution in [2.45, 2.75) is 92.9 Å². The molecule has 7 aromatic rings. The van der Waals surface area contributed by atoms with Gasteiger partial charge in [0.15, 0.2) is 0 Å². The van der Waals surface area contributed by atoms with Gasteiger partial charge in [0.25, 0.3) is 0 Å². The van der Waals surface area contributed by atoms with Gasteiger partial charge in [0.2, 0.25) is 0 Å². The van der Waals surface area contributed by atoms with E-state index in [4.69, 9.17) is 9.84 Å². The van der Waals surface area contributed by atoms with Crippen LogP contribution in [-0.2, 0) is 33.9 Å². The van der Waals surface area contributed by atoms with Crippen molar-refractivity contribution in [3.63, 3.8) is 0 Å². The summed E-state index contributed by atoms with van der Waals surface area (Å²) >= 11 is 0. The van der Waals surface area contributed by atoms with Crippen LogP contribution in [0.2, 0.25) is 0 Å². The first-order chi connectivity index (χ1) is 25.2. The van der Waals surface area contributed by atoms with E-state index >= 15 is 0 Å². The number of aryl methyl sites for hydroxylation is 4. The Bertz CT molecular complexity index is 2370. The van der Waals surface area contributed by atoms with Crippen LogP contribution in [-0.4, -0.2) is 19.3 Å². The van der Waals surface area contributed by atoms with E-state index in [1.165, 1.54) is 77.5 Å². The number of aromatic nitrogens is 4. The van der Waals surface area contributed by atoms with Crippen LogP contribution in [0, 0.1) is 45.6 Å². The Morgan fingerprint density at radius 2 is 1.53 bits per heavy atom. The van der Waals surface area contributed by atoms with Gasteiger partial charge in [-0.3, -0.25) is 4.68 Å². The minimum Gasteiger partial charge on any atom is -0.509 e. The number of halogens is 1. The average molecular weight is 886 g/mol. The van der Waals surface area contributed by atoms with Crippen molar-refractivity contribution in [3.8, 4) is 34.1 Å². The number of hydrogen-bond donors (Lipinski definition) is 0. The molecule has 0 bridgehead atoms. The van der Waals surface area contributed by atoms with E-state index in [0.29, 0.717) is 17.3 Å². The molecular formula is C46H47FN4OPt. The maximum Gasteiger partial charge on any atom is 2.00 e. The largest absolute Gasteiger partial charge is 2.00 e. The van der Waals surface area contributed by atoms with Gasteiger partial charge < -0.3 is 9.30 Å². The summed E-state index contributed by atoms with van der Waals surface area (Å²) in [5.74, 6) is 1.27. The molecule has 3 aromatic heterocycles. The molecule has 0 fully saturated rings. The predicted molar refractivity (Wildman–Crippen MR) is 211 cm³/mol. The zero-order chi connectivity index (χ0) is 36.4. The minimum absolute atomic E-state index is 0. The number of para-hydroxylation sites is 1. The Kier molecular flexibility index (Phi) is 12.0. The Morgan fingerprint density at radius 1 is 0.755 bits per heavy atom. The van der Waals surface area contributed by atoms with Crippen molar-refractivity contribution in [2.75, 3.05) is 0 Å². The van der Waals surface area contributed by atoms with Crippen LogP contribution in [0.1, 0.15) is 86.0 Å². The second kappa shape index (κ2) is 16.6. The average Bonchev–Trinajstić information content (AvgIpc) is 3.65. The smallest absolute Gasteiger partial charge is 0.509 e. The molecule has 0 spiro atoms. The molecule has 0 aliphatic heterocycles. The second-order valence-electron chi connectivity index (χ2n) is 14.1. The molecule has 7 heteroatoms. The van der Waals surface area contributed by atoms with Crippen molar-refractivity contribution in [1.82, 2.24) is 19.3 Å². The maximum absolute atomic E-state index is 14.4. The van der Waals surface area contributed by atoms with E-state index in [9.17, 15) is 4.39 Å². The first-order valence-electron chi connectivity index (χ1n) is 18.7. The number of rotatable bonds is 13. The number of fused-ring (bicyclic) bond motifs is 3. The Labute approximate surface area is 327 Å². The molecule has 53 heavy (non-hydrogen) atoms. The van der Waals surface area contributed by atoms with Crippen molar-refractivity contribution in [3.05, 3.63) is 131 Å². The molecule has 0 unspecified atom stereocenters. The zero-order valence-corrected chi connectivity index (χ0v) is 33.8. The third kappa shape index (κ3) is 7.89. The van der Waals surface area contributed by atoms with E-state index in [1.54, 1.807) is 0 Å². The van der Waals surface area contributed by atoms with Gasteiger partial charge in [0.1, 0.15) is 11.6 Å². The Hall–Kier alpha value is -4.54. The zero-order valence-electron chi connectivity index (χ0n) is 31.6. The van der Waals surface area contributed by atoms with Crippen molar-refractivity contribution >= 4 is 21.8 Å². The number of hydrogen-bond acceptors (Lipinski definition) is 3. The number of unbranched alkanes of at least 4 members (excludes halogenated alkanes) is 4. The fourth-order valence-corrected chi connectivity index (χ4v) is 7.39. The van der Waals surface area contributed by atoms with Gasteiger partial charge in [-0.1, -0.05) is 88.7 Å². The normalized spacial score (nSPS) is 11.4. The van der Waals surface area contributed by atoms with E-state index in [2.05, 4.69) is 87.6 Å². The molecule has 0 atom stereocenters. The van der Waals surface area contributed by atoms with Crippen LogP contribution >= 0.6 is 0 Å². The predicted octanol–water partition coefficient (Wildman–Crippen LogP) is 12.3. The third-order valence-corrected chi connectivity index (χ3v) is 10.2. The second-order valence-corrected chi connectivity index (χ2v) is 14.1. The van der Waals surface area contributed by atoms with Gasteiger partial charge >= 0.3 is 21.1 Å². The summed E-state index contributed by atoms with van der Waals surface area (Å²) in [6, 6.07) is 30.7. The first-order valence-corrected chi connectivity index (χ1v) is 18.7. The molecule has 0 saturated heterocycles. The van der Waals surface area contributed by atoms with E-state index < -0.39 is 0 Å². The van der Waals surface area contributed by atoms with E-state index in [1.807, 2.05) is 41.0 Å². The summed E-state index contributed by atoms with van der Waals surface area (Å²) in [6.07, 6.45) is 10.4. The third-order valence-electron chi connectivity index (χ3n) is 10.2. The molecule has 0 aliphatic rings. The molecule has 0 N–H and O–H groups in total. The summed E-state index contributed by atoms with van der Waals surface area (Å²) < 4.78 is 25.0. The monoisotopic (exact) mass is 885 g/mol. The van der Waals surface area contributed by atoms with Crippen LogP contribution in [0.25, 0.3) is 44.4 Å². The Morgan fingerprint density at radius 3 is 2.28 bits per heavy atom. The first kappa shape index (κ1) is 38.2. The van der Waals surface area contributed by atoms with Crippen molar-refractivity contribution < 1.29 is 30.2 Å². The van der Waals surface area contributed by atoms with Crippen LogP contribution in [0.4, 0.5) is 4.39 Å². The molecule has 0 aliphatic carbocycles. The molecule has 0 radical (unpaired) electrons. The van der Waals surface area contributed by atoms with Crippen molar-refractivity contribution in [2.24, 2.45) is 0 Å². The SMILES string of the molecule is CCCCCCCc1c(-c2cc(C)c(C)c(C)c2)c(CCC)nn1-c1[c-]c(Oc2[c-]c3c(cc2)c2ccccc2n3-c2cc(F)ccn2)cc(C)c1.[Pt+2]. The summed E-state index contributed by atoms with van der Waals surface area (Å²) in [5.41, 5.74) is 12.4. The number of nitrogens with zero attached hydrogens (tertiary/aromatic N) is 4. The molecule has 5 nitrogen and oxygen atoms in total. The molecule has 274 valence electrons. The number of benzene rings is 4. The van der Waals surface area contributed by atoms with E-state index in [-0.39, 0.29) is 26.9 Å². The van der Waals surface area contributed by atoms with Gasteiger partial charge in [0.05, 0.1) is 5.69 Å². The van der Waals surface area contributed by atoms with Crippen molar-refractivity contribution in [1.29, 1.82) is 0 Å². The van der Waals surface area contributed by atoms with Gasteiger partial charge in [-0.2, -0.15) is 16.7 Å². The van der Waals surface area contributed by atoms with Gasteiger partial charge in [-0.05, 0) is 85.5 Å².